The highest BCUT2D eigenvalue weighted by atomic mass is 35.5. The number of hydrogen-bond donors (Lipinski definition) is 0. The van der Waals surface area contributed by atoms with Gasteiger partial charge in [-0.1, -0.05) is 30.7 Å². The van der Waals surface area contributed by atoms with Gasteiger partial charge in [-0.2, -0.15) is 0 Å². The zero-order valence-corrected chi connectivity index (χ0v) is 16.4. The van der Waals surface area contributed by atoms with E-state index in [-0.39, 0.29) is 0 Å². The van der Waals surface area contributed by atoms with E-state index in [4.69, 9.17) is 16.6 Å². The fraction of sp³-hybridized carbons (Fsp3) is 0.350. The minimum absolute atomic E-state index is 0.710. The molecule has 0 aliphatic carbocycles. The number of anilines is 1. The molecular formula is C20H23ClN6. The summed E-state index contributed by atoms with van der Waals surface area (Å²) < 4.78 is 1.98. The summed E-state index contributed by atoms with van der Waals surface area (Å²) in [6.45, 7) is 7.25. The van der Waals surface area contributed by atoms with Gasteiger partial charge in [0, 0.05) is 62.4 Å². The summed E-state index contributed by atoms with van der Waals surface area (Å²) in [5.74, 6) is 1.62. The highest BCUT2D eigenvalue weighted by molar-refractivity contribution is 6.30. The van der Waals surface area contributed by atoms with Crippen molar-refractivity contribution in [1.82, 2.24) is 24.4 Å². The molecule has 0 atom stereocenters. The van der Waals surface area contributed by atoms with Gasteiger partial charge in [0.15, 0.2) is 0 Å². The molecule has 0 bridgehead atoms. The van der Waals surface area contributed by atoms with E-state index in [1.807, 2.05) is 48.3 Å². The standard InChI is InChI=1S/C20H23ClN6/c1-3-26-10-12-27(13-11-26)20-23-14-17(19-22-8-9-25(19)2)18(24-20)15-4-6-16(21)7-5-15/h4-9,14H,3,10-13H2,1-2H3. The van der Waals surface area contributed by atoms with Gasteiger partial charge < -0.3 is 14.4 Å². The third kappa shape index (κ3) is 3.68. The van der Waals surface area contributed by atoms with Crippen molar-refractivity contribution < 1.29 is 0 Å². The minimum Gasteiger partial charge on any atom is -0.338 e. The molecule has 4 rings (SSSR count). The van der Waals surface area contributed by atoms with Crippen molar-refractivity contribution in [1.29, 1.82) is 0 Å². The highest BCUT2D eigenvalue weighted by Crippen LogP contribution is 2.31. The molecule has 3 heterocycles. The maximum atomic E-state index is 6.08. The van der Waals surface area contributed by atoms with E-state index in [1.54, 1.807) is 6.20 Å². The number of rotatable bonds is 4. The van der Waals surface area contributed by atoms with Crippen molar-refractivity contribution in [2.24, 2.45) is 7.05 Å². The first-order chi connectivity index (χ1) is 13.2. The maximum absolute atomic E-state index is 6.08. The third-order valence-electron chi connectivity index (χ3n) is 5.06. The van der Waals surface area contributed by atoms with E-state index in [1.165, 1.54) is 0 Å². The van der Waals surface area contributed by atoms with Gasteiger partial charge in [0.25, 0.3) is 0 Å². The molecule has 1 aromatic carbocycles. The molecule has 0 unspecified atom stereocenters. The van der Waals surface area contributed by atoms with Crippen LogP contribution in [0.5, 0.6) is 0 Å². The summed E-state index contributed by atoms with van der Waals surface area (Å²) in [5, 5.41) is 0.710. The van der Waals surface area contributed by atoms with Crippen LogP contribution in [0.2, 0.25) is 5.02 Å². The molecule has 1 saturated heterocycles. The number of halogens is 1. The SMILES string of the molecule is CCN1CCN(c2ncc(-c3nccn3C)c(-c3ccc(Cl)cc3)n2)CC1. The van der Waals surface area contributed by atoms with Crippen LogP contribution in [0.15, 0.2) is 42.9 Å². The number of hydrogen-bond acceptors (Lipinski definition) is 5. The molecule has 140 valence electrons. The van der Waals surface area contributed by atoms with Crippen molar-refractivity contribution in [3.05, 3.63) is 47.9 Å². The summed E-state index contributed by atoms with van der Waals surface area (Å²) in [5.41, 5.74) is 2.80. The molecule has 1 aliphatic heterocycles. The van der Waals surface area contributed by atoms with E-state index in [2.05, 4.69) is 26.7 Å². The summed E-state index contributed by atoms with van der Waals surface area (Å²) >= 11 is 6.08. The van der Waals surface area contributed by atoms with Crippen LogP contribution in [0.4, 0.5) is 5.95 Å². The zero-order valence-electron chi connectivity index (χ0n) is 15.6. The number of aromatic nitrogens is 4. The molecule has 7 heteroatoms. The molecule has 6 nitrogen and oxygen atoms in total. The Hall–Kier alpha value is -2.44. The molecule has 0 radical (unpaired) electrons. The number of benzene rings is 1. The topological polar surface area (TPSA) is 50.1 Å². The summed E-state index contributed by atoms with van der Waals surface area (Å²) in [7, 11) is 1.98. The van der Waals surface area contributed by atoms with Gasteiger partial charge in [0.1, 0.15) is 5.82 Å². The fourth-order valence-corrected chi connectivity index (χ4v) is 3.53. The Morgan fingerprint density at radius 3 is 2.41 bits per heavy atom. The van der Waals surface area contributed by atoms with Crippen molar-refractivity contribution in [3.8, 4) is 22.6 Å². The minimum atomic E-state index is 0.710. The highest BCUT2D eigenvalue weighted by Gasteiger charge is 2.21. The Morgan fingerprint density at radius 2 is 1.78 bits per heavy atom. The van der Waals surface area contributed by atoms with Crippen LogP contribution in [0.3, 0.4) is 0 Å². The first-order valence-electron chi connectivity index (χ1n) is 9.23. The average Bonchev–Trinajstić information content (AvgIpc) is 3.14. The lowest BCUT2D eigenvalue weighted by molar-refractivity contribution is 0.270. The van der Waals surface area contributed by atoms with E-state index >= 15 is 0 Å². The largest absolute Gasteiger partial charge is 0.338 e. The van der Waals surface area contributed by atoms with Crippen LogP contribution in [0.25, 0.3) is 22.6 Å². The van der Waals surface area contributed by atoms with Gasteiger partial charge in [-0.25, -0.2) is 15.0 Å². The van der Waals surface area contributed by atoms with Crippen LogP contribution in [0.1, 0.15) is 6.92 Å². The van der Waals surface area contributed by atoms with E-state index < -0.39 is 0 Å². The molecule has 0 saturated carbocycles. The lowest BCUT2D eigenvalue weighted by Gasteiger charge is -2.34. The van der Waals surface area contributed by atoms with Crippen LogP contribution >= 0.6 is 11.6 Å². The number of aryl methyl sites for hydroxylation is 1. The average molecular weight is 383 g/mol. The second-order valence-electron chi connectivity index (χ2n) is 6.72. The smallest absolute Gasteiger partial charge is 0.225 e. The molecular weight excluding hydrogens is 360 g/mol. The fourth-order valence-electron chi connectivity index (χ4n) is 3.41. The second kappa shape index (κ2) is 7.66. The van der Waals surface area contributed by atoms with Gasteiger partial charge in [-0.15, -0.1) is 0 Å². The van der Waals surface area contributed by atoms with E-state index in [9.17, 15) is 0 Å². The van der Waals surface area contributed by atoms with Crippen molar-refractivity contribution >= 4 is 17.5 Å². The summed E-state index contributed by atoms with van der Waals surface area (Å²) in [6.07, 6.45) is 5.61. The molecule has 0 N–H and O–H groups in total. The van der Waals surface area contributed by atoms with Crippen LogP contribution in [0, 0.1) is 0 Å². The van der Waals surface area contributed by atoms with E-state index in [0.29, 0.717) is 5.02 Å². The van der Waals surface area contributed by atoms with Crippen LogP contribution in [-0.4, -0.2) is 57.1 Å². The van der Waals surface area contributed by atoms with Crippen LogP contribution < -0.4 is 4.90 Å². The predicted molar refractivity (Wildman–Crippen MR) is 109 cm³/mol. The van der Waals surface area contributed by atoms with Gasteiger partial charge >= 0.3 is 0 Å². The van der Waals surface area contributed by atoms with Crippen molar-refractivity contribution in [2.75, 3.05) is 37.6 Å². The first-order valence-corrected chi connectivity index (χ1v) is 9.61. The Morgan fingerprint density at radius 1 is 1.04 bits per heavy atom. The molecule has 2 aromatic heterocycles. The van der Waals surface area contributed by atoms with Crippen molar-refractivity contribution in [2.45, 2.75) is 6.92 Å². The Bertz CT molecular complexity index is 912. The number of likely N-dealkylation sites (N-methyl/N-ethyl adjacent to an activating group) is 1. The molecule has 1 fully saturated rings. The van der Waals surface area contributed by atoms with E-state index in [0.717, 1.165) is 61.3 Å². The monoisotopic (exact) mass is 382 g/mol. The summed E-state index contributed by atoms with van der Waals surface area (Å²) in [6, 6.07) is 7.77. The number of piperazine rings is 1. The summed E-state index contributed by atoms with van der Waals surface area (Å²) in [4.78, 5) is 18.8. The molecule has 0 amide bonds. The van der Waals surface area contributed by atoms with Gasteiger partial charge in [0.05, 0.1) is 11.3 Å². The Balaban J connectivity index is 1.75. The van der Waals surface area contributed by atoms with Gasteiger partial charge in [0.2, 0.25) is 5.95 Å². The lowest BCUT2D eigenvalue weighted by atomic mass is 10.1. The third-order valence-corrected chi connectivity index (χ3v) is 5.31. The lowest BCUT2D eigenvalue weighted by Crippen LogP contribution is -2.46. The molecule has 0 spiro atoms. The first kappa shape index (κ1) is 17.9. The molecule has 1 aliphatic rings. The zero-order chi connectivity index (χ0) is 18.8. The number of imidazole rings is 1. The molecule has 27 heavy (non-hydrogen) atoms. The van der Waals surface area contributed by atoms with Gasteiger partial charge in [-0.3, -0.25) is 0 Å². The predicted octanol–water partition coefficient (Wildman–Crippen LogP) is 3.34. The van der Waals surface area contributed by atoms with Gasteiger partial charge in [-0.05, 0) is 18.7 Å². The second-order valence-corrected chi connectivity index (χ2v) is 7.16. The Labute approximate surface area is 164 Å². The normalized spacial score (nSPS) is 15.3. The van der Waals surface area contributed by atoms with Crippen LogP contribution in [-0.2, 0) is 7.05 Å². The number of nitrogens with zero attached hydrogens (tertiary/aromatic N) is 6. The van der Waals surface area contributed by atoms with Crippen molar-refractivity contribution in [3.63, 3.8) is 0 Å². The quantitative estimate of drug-likeness (QED) is 0.692. The molecule has 3 aromatic rings. The maximum Gasteiger partial charge on any atom is 0.225 e. The Kier molecular flexibility index (Phi) is 5.09.